The fraction of sp³-hybridized carbons (Fsp3) is 0.562. The van der Waals surface area contributed by atoms with Crippen molar-refractivity contribution < 1.29 is 9.90 Å². The van der Waals surface area contributed by atoms with E-state index in [1.807, 2.05) is 31.2 Å². The van der Waals surface area contributed by atoms with Gasteiger partial charge in [-0.25, -0.2) is 0 Å². The molecule has 116 valence electrons. The van der Waals surface area contributed by atoms with Crippen LogP contribution in [-0.4, -0.2) is 41.7 Å². The van der Waals surface area contributed by atoms with Gasteiger partial charge in [0.1, 0.15) is 0 Å². The molecule has 0 saturated carbocycles. The summed E-state index contributed by atoms with van der Waals surface area (Å²) in [6.45, 7) is 4.56. The Morgan fingerprint density at radius 2 is 2.00 bits per heavy atom. The van der Waals surface area contributed by atoms with Crippen LogP contribution in [0.5, 0.6) is 0 Å². The molecule has 0 radical (unpaired) electrons. The molecule has 1 atom stereocenters. The third-order valence-electron chi connectivity index (χ3n) is 4.08. The maximum atomic E-state index is 11.9. The molecule has 5 heteroatoms. The number of nitrogens with one attached hydrogen (secondary N) is 1. The first-order valence-corrected chi connectivity index (χ1v) is 7.84. The normalized spacial score (nSPS) is 18.4. The van der Waals surface area contributed by atoms with Gasteiger partial charge in [-0.2, -0.15) is 0 Å². The predicted molar refractivity (Wildman–Crippen MR) is 84.1 cm³/mol. The topological polar surface area (TPSA) is 52.6 Å². The van der Waals surface area contributed by atoms with Crippen molar-refractivity contribution in [3.05, 3.63) is 34.9 Å². The Bertz CT molecular complexity index is 454. The van der Waals surface area contributed by atoms with Gasteiger partial charge in [-0.1, -0.05) is 23.7 Å². The first kappa shape index (κ1) is 16.3. The standard InChI is InChI=1S/C16H23ClN2O2/c1-12(20)14-6-8-19(9-7-14)11-16(21)18-10-13-2-4-15(17)5-3-13/h2-5,12,14,20H,6-11H2,1H3,(H,18,21). The van der Waals surface area contributed by atoms with E-state index in [0.29, 0.717) is 24.0 Å². The lowest BCUT2D eigenvalue weighted by molar-refractivity contribution is -0.122. The highest BCUT2D eigenvalue weighted by atomic mass is 35.5. The average Bonchev–Trinajstić information content (AvgIpc) is 2.47. The van der Waals surface area contributed by atoms with E-state index >= 15 is 0 Å². The number of carbonyl (C=O) groups is 1. The fourth-order valence-electron chi connectivity index (χ4n) is 2.66. The number of piperidine rings is 1. The van der Waals surface area contributed by atoms with E-state index in [0.717, 1.165) is 31.5 Å². The number of hydrogen-bond acceptors (Lipinski definition) is 3. The van der Waals surface area contributed by atoms with E-state index in [-0.39, 0.29) is 12.0 Å². The third kappa shape index (κ3) is 5.30. The van der Waals surface area contributed by atoms with Gasteiger partial charge in [0.2, 0.25) is 5.91 Å². The Hall–Kier alpha value is -1.10. The SMILES string of the molecule is CC(O)C1CCN(CC(=O)NCc2ccc(Cl)cc2)CC1. The van der Waals surface area contributed by atoms with Gasteiger partial charge in [0, 0.05) is 11.6 Å². The van der Waals surface area contributed by atoms with Crippen LogP contribution in [0.1, 0.15) is 25.3 Å². The highest BCUT2D eigenvalue weighted by molar-refractivity contribution is 6.30. The van der Waals surface area contributed by atoms with Gasteiger partial charge in [-0.05, 0) is 56.5 Å². The van der Waals surface area contributed by atoms with E-state index in [9.17, 15) is 9.90 Å². The zero-order chi connectivity index (χ0) is 15.2. The monoisotopic (exact) mass is 310 g/mol. The van der Waals surface area contributed by atoms with Crippen LogP contribution >= 0.6 is 11.6 Å². The number of nitrogens with zero attached hydrogens (tertiary/aromatic N) is 1. The maximum absolute atomic E-state index is 11.9. The Labute approximate surface area is 131 Å². The molecule has 2 N–H and O–H groups in total. The van der Waals surface area contributed by atoms with E-state index < -0.39 is 0 Å². The van der Waals surface area contributed by atoms with Crippen LogP contribution in [0.15, 0.2) is 24.3 Å². The number of hydrogen-bond donors (Lipinski definition) is 2. The summed E-state index contributed by atoms with van der Waals surface area (Å²) in [6, 6.07) is 7.47. The zero-order valence-corrected chi connectivity index (χ0v) is 13.1. The molecule has 4 nitrogen and oxygen atoms in total. The first-order valence-electron chi connectivity index (χ1n) is 7.46. The van der Waals surface area contributed by atoms with Crippen LogP contribution in [-0.2, 0) is 11.3 Å². The van der Waals surface area contributed by atoms with Gasteiger partial charge in [0.05, 0.1) is 12.6 Å². The van der Waals surface area contributed by atoms with Crippen LogP contribution < -0.4 is 5.32 Å². The lowest BCUT2D eigenvalue weighted by atomic mass is 9.92. The minimum atomic E-state index is -0.245. The van der Waals surface area contributed by atoms with Crippen LogP contribution in [0.4, 0.5) is 0 Å². The quantitative estimate of drug-likeness (QED) is 0.875. The van der Waals surface area contributed by atoms with Crippen molar-refractivity contribution in [3.8, 4) is 0 Å². The molecule has 0 aromatic heterocycles. The number of carbonyl (C=O) groups excluding carboxylic acids is 1. The van der Waals surface area contributed by atoms with Crippen molar-refractivity contribution in [2.75, 3.05) is 19.6 Å². The second-order valence-corrected chi connectivity index (χ2v) is 6.19. The second-order valence-electron chi connectivity index (χ2n) is 5.76. The molecule has 1 aliphatic rings. The highest BCUT2D eigenvalue weighted by Crippen LogP contribution is 2.20. The molecule has 1 fully saturated rings. The highest BCUT2D eigenvalue weighted by Gasteiger charge is 2.23. The molecule has 1 unspecified atom stereocenters. The van der Waals surface area contributed by atoms with E-state index in [2.05, 4.69) is 10.2 Å². The Morgan fingerprint density at radius 3 is 2.57 bits per heavy atom. The van der Waals surface area contributed by atoms with Crippen molar-refractivity contribution in [2.45, 2.75) is 32.4 Å². The molecule has 0 bridgehead atoms. The number of benzene rings is 1. The molecule has 1 aromatic rings. The molecule has 1 amide bonds. The van der Waals surface area contributed by atoms with Crippen molar-refractivity contribution in [3.63, 3.8) is 0 Å². The average molecular weight is 311 g/mol. The van der Waals surface area contributed by atoms with Crippen LogP contribution in [0.2, 0.25) is 5.02 Å². The van der Waals surface area contributed by atoms with Gasteiger partial charge in [0.15, 0.2) is 0 Å². The summed E-state index contributed by atoms with van der Waals surface area (Å²) in [5, 5.41) is 13.2. The predicted octanol–water partition coefficient (Wildman–Crippen LogP) is 2.05. The molecule has 1 saturated heterocycles. The summed E-state index contributed by atoms with van der Waals surface area (Å²) in [5.41, 5.74) is 1.04. The lowest BCUT2D eigenvalue weighted by Gasteiger charge is -2.32. The molecular weight excluding hydrogens is 288 g/mol. The van der Waals surface area contributed by atoms with E-state index in [1.165, 1.54) is 0 Å². The van der Waals surface area contributed by atoms with Gasteiger partial charge in [-0.3, -0.25) is 9.69 Å². The van der Waals surface area contributed by atoms with Gasteiger partial charge in [-0.15, -0.1) is 0 Å². The number of aliphatic hydroxyl groups excluding tert-OH is 1. The molecule has 21 heavy (non-hydrogen) atoms. The second kappa shape index (κ2) is 7.78. The Kier molecular flexibility index (Phi) is 6.03. The zero-order valence-electron chi connectivity index (χ0n) is 12.4. The van der Waals surface area contributed by atoms with Crippen LogP contribution in [0.3, 0.4) is 0 Å². The van der Waals surface area contributed by atoms with Crippen molar-refractivity contribution >= 4 is 17.5 Å². The lowest BCUT2D eigenvalue weighted by Crippen LogP contribution is -2.42. The van der Waals surface area contributed by atoms with E-state index in [4.69, 9.17) is 11.6 Å². The summed E-state index contributed by atoms with van der Waals surface area (Å²) >= 11 is 5.83. The molecule has 0 spiro atoms. The summed E-state index contributed by atoms with van der Waals surface area (Å²) in [5.74, 6) is 0.416. The third-order valence-corrected chi connectivity index (χ3v) is 4.34. The molecule has 1 aliphatic heterocycles. The van der Waals surface area contributed by atoms with Crippen molar-refractivity contribution in [1.29, 1.82) is 0 Å². The molecule has 2 rings (SSSR count). The molecular formula is C16H23ClN2O2. The Balaban J connectivity index is 1.69. The van der Waals surface area contributed by atoms with Crippen LogP contribution in [0, 0.1) is 5.92 Å². The van der Waals surface area contributed by atoms with Crippen molar-refractivity contribution in [1.82, 2.24) is 10.2 Å². The molecule has 1 heterocycles. The number of amides is 1. The van der Waals surface area contributed by atoms with E-state index in [1.54, 1.807) is 0 Å². The van der Waals surface area contributed by atoms with Gasteiger partial charge >= 0.3 is 0 Å². The summed E-state index contributed by atoms with van der Waals surface area (Å²) in [4.78, 5) is 14.1. The number of aliphatic hydroxyl groups is 1. The minimum absolute atomic E-state index is 0.0421. The van der Waals surface area contributed by atoms with Crippen LogP contribution in [0.25, 0.3) is 0 Å². The maximum Gasteiger partial charge on any atom is 0.234 e. The smallest absolute Gasteiger partial charge is 0.234 e. The first-order chi connectivity index (χ1) is 10.0. The summed E-state index contributed by atoms with van der Waals surface area (Å²) < 4.78 is 0. The number of likely N-dealkylation sites (tertiary alicyclic amines) is 1. The van der Waals surface area contributed by atoms with Gasteiger partial charge in [0.25, 0.3) is 0 Å². The number of halogens is 1. The fourth-order valence-corrected chi connectivity index (χ4v) is 2.78. The number of rotatable bonds is 5. The molecule has 0 aliphatic carbocycles. The summed E-state index contributed by atoms with van der Waals surface area (Å²) in [6.07, 6.45) is 1.68. The molecule has 1 aromatic carbocycles. The summed E-state index contributed by atoms with van der Waals surface area (Å²) in [7, 11) is 0. The largest absolute Gasteiger partial charge is 0.393 e. The Morgan fingerprint density at radius 1 is 1.38 bits per heavy atom. The van der Waals surface area contributed by atoms with Gasteiger partial charge < -0.3 is 10.4 Å². The van der Waals surface area contributed by atoms with Crippen molar-refractivity contribution in [2.24, 2.45) is 5.92 Å². The minimum Gasteiger partial charge on any atom is -0.393 e.